The van der Waals surface area contributed by atoms with Gasteiger partial charge in [0.25, 0.3) is 0 Å². The number of hydrogen-bond acceptors (Lipinski definition) is 10. The van der Waals surface area contributed by atoms with Gasteiger partial charge in [0.1, 0.15) is 23.8 Å². The predicted molar refractivity (Wildman–Crippen MR) is 167 cm³/mol. The molecule has 3 atom stereocenters. The summed E-state index contributed by atoms with van der Waals surface area (Å²) in [6.45, 7) is 4.59. The normalized spacial score (nSPS) is 20.9. The van der Waals surface area contributed by atoms with Gasteiger partial charge in [-0.05, 0) is 61.5 Å². The number of aliphatic hydroxyl groups excluding tert-OH is 4. The maximum atomic E-state index is 14.9. The van der Waals surface area contributed by atoms with Crippen molar-refractivity contribution >= 4 is 23.5 Å². The summed E-state index contributed by atoms with van der Waals surface area (Å²) in [5.74, 6) is 1.26. The summed E-state index contributed by atoms with van der Waals surface area (Å²) in [5, 5.41) is 39.0. The van der Waals surface area contributed by atoms with Crippen molar-refractivity contribution in [3.8, 4) is 5.75 Å². The number of piperidine rings is 2. The highest BCUT2D eigenvalue weighted by atomic mass is 35.5. The quantitative estimate of drug-likeness (QED) is 0.238. The van der Waals surface area contributed by atoms with E-state index in [9.17, 15) is 24.5 Å². The molecule has 248 valence electrons. The summed E-state index contributed by atoms with van der Waals surface area (Å²) in [5.41, 5.74) is 0.418. The molecule has 1 aromatic carbocycles. The van der Waals surface area contributed by atoms with E-state index in [1.54, 1.807) is 29.4 Å². The lowest BCUT2D eigenvalue weighted by molar-refractivity contribution is -0.137. The standard InChI is InChI=1S/C32H45ClFN5O6/c33-24-16-35-31(36-17-24)39-9-5-22(6-10-39)2-1-13-45-25-4-3-23(26(34)15-25)14-29(43)38-11-7-32(8-12-38)20-37(21-32)18-27(41)30(44)28(42)19-40/h3-4,15-17,22,27-28,30,40-42,44H,1-2,5-14,18-21H2/t27-,28+,30-/m0/s1. The number of likely N-dealkylation sites (tertiary alicyclic amines) is 2. The lowest BCUT2D eigenvalue weighted by Gasteiger charge is -2.54. The topological polar surface area (TPSA) is 143 Å². The summed E-state index contributed by atoms with van der Waals surface area (Å²) in [7, 11) is 0. The summed E-state index contributed by atoms with van der Waals surface area (Å²) < 4.78 is 20.7. The third kappa shape index (κ3) is 8.81. The molecule has 5 rings (SSSR count). The number of rotatable bonds is 13. The average Bonchev–Trinajstić information content (AvgIpc) is 3.03. The summed E-state index contributed by atoms with van der Waals surface area (Å²) in [4.78, 5) is 27.6. The minimum absolute atomic E-state index is 0.00224. The van der Waals surface area contributed by atoms with Crippen LogP contribution in [0.2, 0.25) is 5.02 Å². The molecule has 45 heavy (non-hydrogen) atoms. The van der Waals surface area contributed by atoms with E-state index in [1.807, 2.05) is 4.90 Å². The number of β-amino-alcohol motifs (C(OH)–C–C–N with tert-alkyl or cyclic N) is 1. The Balaban J connectivity index is 0.971. The van der Waals surface area contributed by atoms with Gasteiger partial charge >= 0.3 is 0 Å². The Bertz CT molecular complexity index is 1250. The summed E-state index contributed by atoms with van der Waals surface area (Å²) in [6.07, 6.45) is 5.00. The first-order chi connectivity index (χ1) is 21.6. The fourth-order valence-electron chi connectivity index (χ4n) is 6.80. The van der Waals surface area contributed by atoms with E-state index in [0.717, 1.165) is 64.7 Å². The van der Waals surface area contributed by atoms with Crippen molar-refractivity contribution in [3.05, 3.63) is 47.0 Å². The van der Waals surface area contributed by atoms with Gasteiger partial charge in [-0.25, -0.2) is 14.4 Å². The molecule has 4 N–H and O–H groups in total. The average molecular weight is 650 g/mol. The van der Waals surface area contributed by atoms with Crippen LogP contribution in [0.15, 0.2) is 30.6 Å². The molecule has 4 heterocycles. The number of carbonyl (C=O) groups is 1. The number of nitrogens with zero attached hydrogens (tertiary/aromatic N) is 5. The van der Waals surface area contributed by atoms with E-state index in [-0.39, 0.29) is 24.3 Å². The van der Waals surface area contributed by atoms with Gasteiger partial charge in [0.2, 0.25) is 11.9 Å². The van der Waals surface area contributed by atoms with Crippen LogP contribution in [0, 0.1) is 17.2 Å². The van der Waals surface area contributed by atoms with Gasteiger partial charge in [-0.15, -0.1) is 0 Å². The van der Waals surface area contributed by atoms with E-state index >= 15 is 0 Å². The van der Waals surface area contributed by atoms with Gasteiger partial charge in [0.15, 0.2) is 0 Å². The molecule has 0 aliphatic carbocycles. The van der Waals surface area contributed by atoms with E-state index in [1.165, 1.54) is 6.07 Å². The molecule has 3 aliphatic heterocycles. The van der Waals surface area contributed by atoms with Crippen LogP contribution in [0.3, 0.4) is 0 Å². The van der Waals surface area contributed by atoms with Crippen molar-refractivity contribution in [3.63, 3.8) is 0 Å². The zero-order valence-corrected chi connectivity index (χ0v) is 26.4. The molecule has 0 saturated carbocycles. The molecular formula is C32H45ClFN5O6. The van der Waals surface area contributed by atoms with Crippen LogP contribution in [-0.4, -0.2) is 123 Å². The lowest BCUT2D eigenvalue weighted by Crippen LogP contribution is -2.63. The lowest BCUT2D eigenvalue weighted by atomic mass is 9.71. The van der Waals surface area contributed by atoms with Crippen molar-refractivity contribution < 1.29 is 34.3 Å². The Morgan fingerprint density at radius 2 is 1.76 bits per heavy atom. The van der Waals surface area contributed by atoms with E-state index in [4.69, 9.17) is 21.4 Å². The fourth-order valence-corrected chi connectivity index (χ4v) is 6.90. The molecule has 13 heteroatoms. The van der Waals surface area contributed by atoms with Crippen molar-refractivity contribution in [1.29, 1.82) is 0 Å². The van der Waals surface area contributed by atoms with Crippen LogP contribution in [0.5, 0.6) is 5.75 Å². The van der Waals surface area contributed by atoms with Crippen LogP contribution >= 0.6 is 11.6 Å². The van der Waals surface area contributed by atoms with Crippen molar-refractivity contribution in [2.45, 2.75) is 63.3 Å². The zero-order chi connectivity index (χ0) is 32.0. The number of aromatic nitrogens is 2. The van der Waals surface area contributed by atoms with Gasteiger partial charge in [-0.1, -0.05) is 17.7 Å². The van der Waals surface area contributed by atoms with Gasteiger partial charge < -0.3 is 35.0 Å². The van der Waals surface area contributed by atoms with Crippen LogP contribution in [0.4, 0.5) is 10.3 Å². The second-order valence-corrected chi connectivity index (χ2v) is 13.3. The smallest absolute Gasteiger partial charge is 0.227 e. The van der Waals surface area contributed by atoms with Crippen molar-refractivity contribution in [1.82, 2.24) is 19.8 Å². The summed E-state index contributed by atoms with van der Waals surface area (Å²) in [6, 6.07) is 4.74. The van der Waals surface area contributed by atoms with Crippen LogP contribution in [0.25, 0.3) is 0 Å². The number of ether oxygens (including phenoxy) is 1. The highest BCUT2D eigenvalue weighted by Gasteiger charge is 2.46. The third-order valence-corrected chi connectivity index (χ3v) is 9.81. The van der Waals surface area contributed by atoms with Crippen LogP contribution in [-0.2, 0) is 11.2 Å². The second kappa shape index (κ2) is 15.3. The molecule has 0 radical (unpaired) electrons. The Morgan fingerprint density at radius 3 is 2.40 bits per heavy atom. The molecule has 3 saturated heterocycles. The number of aliphatic hydroxyl groups is 4. The van der Waals surface area contributed by atoms with Crippen LogP contribution < -0.4 is 9.64 Å². The number of anilines is 1. The van der Waals surface area contributed by atoms with Crippen molar-refractivity contribution in [2.24, 2.45) is 11.3 Å². The minimum atomic E-state index is -1.40. The molecule has 0 bridgehead atoms. The molecular weight excluding hydrogens is 605 g/mol. The highest BCUT2D eigenvalue weighted by molar-refractivity contribution is 6.30. The summed E-state index contributed by atoms with van der Waals surface area (Å²) >= 11 is 5.88. The molecule has 1 spiro atoms. The first-order valence-electron chi connectivity index (χ1n) is 15.9. The SMILES string of the molecule is O=C(Cc1ccc(OCCCC2CCN(c3ncc(Cl)cn3)CC2)cc1F)N1CCC2(CC1)CN(C[C@H](O)[C@H](O)[C@H](O)CO)C2. The maximum Gasteiger partial charge on any atom is 0.227 e. The van der Waals surface area contributed by atoms with Gasteiger partial charge in [-0.3, -0.25) is 9.69 Å². The Hall–Kier alpha value is -2.61. The Morgan fingerprint density at radius 1 is 1.07 bits per heavy atom. The fraction of sp³-hybridized carbons (Fsp3) is 0.656. The molecule has 11 nitrogen and oxygen atoms in total. The number of benzene rings is 1. The Labute approximate surface area is 268 Å². The Kier molecular flexibility index (Phi) is 11.5. The molecule has 2 aromatic rings. The number of hydrogen-bond donors (Lipinski definition) is 4. The molecule has 1 aromatic heterocycles. The van der Waals surface area contributed by atoms with E-state index in [0.29, 0.717) is 47.9 Å². The number of halogens is 2. The van der Waals surface area contributed by atoms with E-state index in [2.05, 4.69) is 14.9 Å². The van der Waals surface area contributed by atoms with Crippen LogP contribution in [0.1, 0.15) is 44.1 Å². The molecule has 3 fully saturated rings. The second-order valence-electron chi connectivity index (χ2n) is 12.9. The number of amides is 1. The molecule has 3 aliphatic rings. The first kappa shape index (κ1) is 33.7. The van der Waals surface area contributed by atoms with Crippen molar-refractivity contribution in [2.75, 3.05) is 63.9 Å². The number of carbonyl (C=O) groups excluding carboxylic acids is 1. The first-order valence-corrected chi connectivity index (χ1v) is 16.3. The third-order valence-electron chi connectivity index (χ3n) is 9.61. The largest absolute Gasteiger partial charge is 0.493 e. The highest BCUT2D eigenvalue weighted by Crippen LogP contribution is 2.40. The monoisotopic (exact) mass is 649 g/mol. The molecule has 0 unspecified atom stereocenters. The van der Waals surface area contributed by atoms with Gasteiger partial charge in [0, 0.05) is 51.9 Å². The van der Waals surface area contributed by atoms with Gasteiger partial charge in [-0.2, -0.15) is 0 Å². The predicted octanol–water partition coefficient (Wildman–Crippen LogP) is 1.89. The maximum absolute atomic E-state index is 14.9. The van der Waals surface area contributed by atoms with E-state index < -0.39 is 30.7 Å². The molecule has 1 amide bonds. The minimum Gasteiger partial charge on any atom is -0.493 e. The van der Waals surface area contributed by atoms with Gasteiger partial charge in [0.05, 0.1) is 43.2 Å². The zero-order valence-electron chi connectivity index (χ0n) is 25.6.